The van der Waals surface area contributed by atoms with E-state index in [2.05, 4.69) is 10.4 Å². The smallest absolute Gasteiger partial charge is 0.229 e. The molecule has 2 N–H and O–H groups in total. The maximum Gasteiger partial charge on any atom is 0.229 e. The molecule has 4 heteroatoms. The van der Waals surface area contributed by atoms with E-state index in [0.29, 0.717) is 11.4 Å². The van der Waals surface area contributed by atoms with E-state index in [0.717, 1.165) is 0 Å². The summed E-state index contributed by atoms with van der Waals surface area (Å²) >= 11 is 0. The van der Waals surface area contributed by atoms with Crippen LogP contribution in [0.4, 0.5) is 11.4 Å². The summed E-state index contributed by atoms with van der Waals surface area (Å²) in [4.78, 5) is 11.7. The van der Waals surface area contributed by atoms with Crippen molar-refractivity contribution < 1.29 is 4.79 Å². The highest BCUT2D eigenvalue weighted by atomic mass is 16.2. The van der Waals surface area contributed by atoms with E-state index in [1.165, 1.54) is 0 Å². The summed E-state index contributed by atoms with van der Waals surface area (Å²) in [5.41, 5.74) is 7.55. The minimum atomic E-state index is -0.449. The molecule has 0 saturated carbocycles. The van der Waals surface area contributed by atoms with Crippen molar-refractivity contribution in [3.63, 3.8) is 0 Å². The lowest BCUT2D eigenvalue weighted by atomic mass is 9.95. The third-order valence-electron chi connectivity index (χ3n) is 1.95. The number of hydrogen-bond donors (Lipinski definition) is 2. The first kappa shape index (κ1) is 11.4. The van der Waals surface area contributed by atoms with Gasteiger partial charge in [-0.25, -0.2) is 5.53 Å². The van der Waals surface area contributed by atoms with E-state index in [1.54, 1.807) is 24.3 Å². The van der Waals surface area contributed by atoms with Crippen molar-refractivity contribution in [3.8, 4) is 0 Å². The Labute approximate surface area is 89.2 Å². The van der Waals surface area contributed by atoms with Gasteiger partial charge in [0.2, 0.25) is 5.91 Å². The van der Waals surface area contributed by atoms with E-state index in [-0.39, 0.29) is 5.91 Å². The van der Waals surface area contributed by atoms with Crippen LogP contribution in [0.25, 0.3) is 0 Å². The zero-order valence-corrected chi connectivity index (χ0v) is 9.16. The van der Waals surface area contributed by atoms with Crippen LogP contribution in [-0.4, -0.2) is 5.91 Å². The van der Waals surface area contributed by atoms with E-state index in [1.807, 2.05) is 20.8 Å². The fourth-order valence-electron chi connectivity index (χ4n) is 0.987. The minimum Gasteiger partial charge on any atom is -0.324 e. The molecule has 0 bridgehead atoms. The third kappa shape index (κ3) is 2.87. The van der Waals surface area contributed by atoms with Gasteiger partial charge < -0.3 is 5.32 Å². The molecular weight excluding hydrogens is 190 g/mol. The van der Waals surface area contributed by atoms with Crippen LogP contribution in [0.1, 0.15) is 20.8 Å². The van der Waals surface area contributed by atoms with E-state index in [4.69, 9.17) is 5.53 Å². The Morgan fingerprint density at radius 3 is 2.47 bits per heavy atom. The van der Waals surface area contributed by atoms with Gasteiger partial charge in [0, 0.05) is 5.41 Å². The quantitative estimate of drug-likeness (QED) is 0.714. The lowest BCUT2D eigenvalue weighted by Gasteiger charge is -2.18. The second-order valence-corrected chi connectivity index (χ2v) is 4.33. The molecule has 0 spiro atoms. The Morgan fingerprint density at radius 1 is 1.33 bits per heavy atom. The molecule has 80 valence electrons. The molecule has 1 amide bonds. The number of carbonyl (C=O) groups is 1. The number of carbonyl (C=O) groups excluding carboxylic acids is 1. The zero-order valence-electron chi connectivity index (χ0n) is 9.16. The number of amides is 1. The van der Waals surface area contributed by atoms with Crippen molar-refractivity contribution in [2.45, 2.75) is 20.8 Å². The number of anilines is 1. The topological polar surface area (TPSA) is 65.3 Å². The molecule has 0 aliphatic heterocycles. The highest BCUT2D eigenvalue weighted by Crippen LogP contribution is 2.26. The van der Waals surface area contributed by atoms with Crippen LogP contribution in [0.3, 0.4) is 0 Å². The molecule has 0 radical (unpaired) electrons. The Bertz CT molecular complexity index is 380. The fraction of sp³-hybridized carbons (Fsp3) is 0.364. The molecule has 0 aliphatic carbocycles. The fourth-order valence-corrected chi connectivity index (χ4v) is 0.987. The first-order chi connectivity index (χ1) is 6.95. The molecule has 1 aromatic rings. The molecule has 0 aliphatic rings. The van der Waals surface area contributed by atoms with Gasteiger partial charge in [0.1, 0.15) is 5.69 Å². The van der Waals surface area contributed by atoms with Crippen molar-refractivity contribution in [3.05, 3.63) is 24.3 Å². The zero-order chi connectivity index (χ0) is 11.5. The number of para-hydroxylation sites is 2. The van der Waals surface area contributed by atoms with E-state index < -0.39 is 5.41 Å². The van der Waals surface area contributed by atoms with Gasteiger partial charge in [-0.05, 0) is 12.1 Å². The Hall–Kier alpha value is -1.71. The van der Waals surface area contributed by atoms with Crippen molar-refractivity contribution in [2.24, 2.45) is 10.5 Å². The van der Waals surface area contributed by atoms with Crippen LogP contribution < -0.4 is 5.32 Å². The highest BCUT2D eigenvalue weighted by molar-refractivity contribution is 5.96. The molecule has 15 heavy (non-hydrogen) atoms. The standard InChI is InChI=1S/C11H15N3O/c1-11(2,3)10(15)13-8-6-4-5-7-9(8)14-12/h4-7,12H,1-3H3,(H,13,15). The third-order valence-corrected chi connectivity index (χ3v) is 1.95. The second kappa shape index (κ2) is 4.21. The largest absolute Gasteiger partial charge is 0.324 e. The van der Waals surface area contributed by atoms with Crippen molar-refractivity contribution in [1.82, 2.24) is 0 Å². The van der Waals surface area contributed by atoms with Gasteiger partial charge in [0.15, 0.2) is 0 Å². The predicted octanol–water partition coefficient (Wildman–Crippen LogP) is 3.33. The van der Waals surface area contributed by atoms with Crippen LogP contribution in [-0.2, 0) is 4.79 Å². The van der Waals surface area contributed by atoms with Crippen LogP contribution >= 0.6 is 0 Å². The maximum atomic E-state index is 11.7. The molecule has 0 heterocycles. The molecule has 1 aromatic carbocycles. The average Bonchev–Trinajstić information content (AvgIpc) is 2.17. The molecular formula is C11H15N3O. The summed E-state index contributed by atoms with van der Waals surface area (Å²) < 4.78 is 0. The van der Waals surface area contributed by atoms with Gasteiger partial charge in [-0.1, -0.05) is 32.9 Å². The number of benzene rings is 1. The van der Waals surface area contributed by atoms with Gasteiger partial charge in [0.25, 0.3) is 0 Å². The van der Waals surface area contributed by atoms with Gasteiger partial charge in [-0.15, -0.1) is 0 Å². The summed E-state index contributed by atoms with van der Waals surface area (Å²) in [7, 11) is 0. The number of nitrogens with one attached hydrogen (secondary N) is 2. The highest BCUT2D eigenvalue weighted by Gasteiger charge is 2.21. The second-order valence-electron chi connectivity index (χ2n) is 4.33. The average molecular weight is 205 g/mol. The van der Waals surface area contributed by atoms with E-state index >= 15 is 0 Å². The molecule has 0 unspecified atom stereocenters. The summed E-state index contributed by atoms with van der Waals surface area (Å²) in [5, 5.41) is 6.09. The summed E-state index contributed by atoms with van der Waals surface area (Å²) in [6.07, 6.45) is 0. The summed E-state index contributed by atoms with van der Waals surface area (Å²) in [5.74, 6) is -0.0846. The lowest BCUT2D eigenvalue weighted by molar-refractivity contribution is -0.123. The Balaban J connectivity index is 2.90. The summed E-state index contributed by atoms with van der Waals surface area (Å²) in [6.45, 7) is 5.51. The SMILES string of the molecule is CC(C)(C)C(=O)Nc1ccccc1N=N. The first-order valence-electron chi connectivity index (χ1n) is 4.73. The first-order valence-corrected chi connectivity index (χ1v) is 4.73. The predicted molar refractivity (Wildman–Crippen MR) is 59.3 cm³/mol. The van der Waals surface area contributed by atoms with Crippen LogP contribution in [0.15, 0.2) is 29.4 Å². The lowest BCUT2D eigenvalue weighted by Crippen LogP contribution is -2.27. The minimum absolute atomic E-state index is 0.0846. The van der Waals surface area contributed by atoms with Gasteiger partial charge in [-0.3, -0.25) is 4.79 Å². The van der Waals surface area contributed by atoms with E-state index in [9.17, 15) is 4.79 Å². The molecule has 0 atom stereocenters. The van der Waals surface area contributed by atoms with Gasteiger partial charge >= 0.3 is 0 Å². The number of hydrogen-bond acceptors (Lipinski definition) is 3. The summed E-state index contributed by atoms with van der Waals surface area (Å²) in [6, 6.07) is 7.00. The monoisotopic (exact) mass is 205 g/mol. The Morgan fingerprint density at radius 2 is 1.93 bits per heavy atom. The number of nitrogens with zero attached hydrogens (tertiary/aromatic N) is 1. The normalized spacial score (nSPS) is 10.9. The molecule has 0 fully saturated rings. The van der Waals surface area contributed by atoms with Crippen molar-refractivity contribution in [1.29, 1.82) is 5.53 Å². The van der Waals surface area contributed by atoms with Crippen molar-refractivity contribution in [2.75, 3.05) is 5.32 Å². The Kier molecular flexibility index (Phi) is 3.19. The van der Waals surface area contributed by atoms with Crippen LogP contribution in [0.2, 0.25) is 0 Å². The molecule has 1 rings (SSSR count). The van der Waals surface area contributed by atoms with Gasteiger partial charge in [-0.2, -0.15) is 5.11 Å². The van der Waals surface area contributed by atoms with Crippen LogP contribution in [0.5, 0.6) is 0 Å². The van der Waals surface area contributed by atoms with Crippen LogP contribution in [0, 0.1) is 10.9 Å². The molecule has 0 aromatic heterocycles. The molecule has 4 nitrogen and oxygen atoms in total. The van der Waals surface area contributed by atoms with Crippen molar-refractivity contribution >= 4 is 17.3 Å². The molecule has 0 saturated heterocycles. The maximum absolute atomic E-state index is 11.7. The van der Waals surface area contributed by atoms with Gasteiger partial charge in [0.05, 0.1) is 5.69 Å². The number of rotatable bonds is 2.